The maximum Gasteiger partial charge on any atom is 0.416 e. The van der Waals surface area contributed by atoms with Gasteiger partial charge in [-0.05, 0) is 31.2 Å². The molecule has 0 fully saturated rings. The fourth-order valence-electron chi connectivity index (χ4n) is 2.05. The molecule has 0 heterocycles. The molecule has 0 saturated carbocycles. The lowest BCUT2D eigenvalue weighted by Crippen LogP contribution is -2.15. The predicted octanol–water partition coefficient (Wildman–Crippen LogP) is 4.83. The number of nitro groups is 1. The Kier molecular flexibility index (Phi) is 4.79. The lowest BCUT2D eigenvalue weighted by molar-refractivity contribution is -0.385. The van der Waals surface area contributed by atoms with E-state index < -0.39 is 22.6 Å². The van der Waals surface area contributed by atoms with Gasteiger partial charge in [-0.15, -0.1) is 0 Å². The SMILES string of the molecule is Cc1c(C(=O)Nc2cc(C(F)(F)F)ccc2Cl)cccc1[N+](=O)[O-]. The fourth-order valence-corrected chi connectivity index (χ4v) is 2.22. The molecule has 2 aromatic rings. The van der Waals surface area contributed by atoms with Crippen molar-refractivity contribution in [1.82, 2.24) is 0 Å². The highest BCUT2D eigenvalue weighted by Crippen LogP contribution is 2.34. The number of anilines is 1. The first-order valence-corrected chi connectivity index (χ1v) is 6.91. The average Bonchev–Trinajstić information content (AvgIpc) is 2.48. The number of hydrogen-bond donors (Lipinski definition) is 1. The molecule has 0 radical (unpaired) electrons. The Morgan fingerprint density at radius 1 is 1.25 bits per heavy atom. The molecule has 0 aliphatic carbocycles. The summed E-state index contributed by atoms with van der Waals surface area (Å²) < 4.78 is 38.2. The molecular formula is C15H10ClF3N2O3. The zero-order valence-corrected chi connectivity index (χ0v) is 12.9. The Hall–Kier alpha value is -2.61. The predicted molar refractivity (Wildman–Crippen MR) is 82.2 cm³/mol. The van der Waals surface area contributed by atoms with Gasteiger partial charge >= 0.3 is 6.18 Å². The number of rotatable bonds is 3. The van der Waals surface area contributed by atoms with Crippen LogP contribution in [0.3, 0.4) is 0 Å². The standard InChI is InChI=1S/C15H10ClF3N2O3/c1-8-10(3-2-4-13(8)21(23)24)14(22)20-12-7-9(15(17,18)19)5-6-11(12)16/h2-7H,1H3,(H,20,22). The number of benzene rings is 2. The van der Waals surface area contributed by atoms with Gasteiger partial charge in [0, 0.05) is 17.2 Å². The van der Waals surface area contributed by atoms with Gasteiger partial charge in [0.05, 0.1) is 21.2 Å². The molecule has 0 atom stereocenters. The topological polar surface area (TPSA) is 72.2 Å². The molecule has 0 aliphatic heterocycles. The van der Waals surface area contributed by atoms with Crippen molar-refractivity contribution in [2.24, 2.45) is 0 Å². The van der Waals surface area contributed by atoms with E-state index in [1.54, 1.807) is 0 Å². The summed E-state index contributed by atoms with van der Waals surface area (Å²) in [5.41, 5.74) is -1.40. The molecule has 2 rings (SSSR count). The summed E-state index contributed by atoms with van der Waals surface area (Å²) in [5, 5.41) is 13.1. The first-order chi connectivity index (χ1) is 11.1. The van der Waals surface area contributed by atoms with E-state index in [0.29, 0.717) is 6.07 Å². The molecule has 1 amide bonds. The number of halogens is 4. The second-order valence-electron chi connectivity index (χ2n) is 4.85. The Morgan fingerprint density at radius 3 is 2.50 bits per heavy atom. The zero-order valence-electron chi connectivity index (χ0n) is 12.1. The van der Waals surface area contributed by atoms with Gasteiger partial charge in [0.25, 0.3) is 11.6 Å². The summed E-state index contributed by atoms with van der Waals surface area (Å²) in [6, 6.07) is 6.38. The van der Waals surface area contributed by atoms with Gasteiger partial charge in [0.2, 0.25) is 0 Å². The van der Waals surface area contributed by atoms with Gasteiger partial charge in [-0.2, -0.15) is 13.2 Å². The van der Waals surface area contributed by atoms with Crippen LogP contribution in [0, 0.1) is 17.0 Å². The van der Waals surface area contributed by atoms with Gasteiger partial charge in [0.15, 0.2) is 0 Å². The molecule has 0 spiro atoms. The van der Waals surface area contributed by atoms with Crippen molar-refractivity contribution in [3.8, 4) is 0 Å². The van der Waals surface area contributed by atoms with Crippen LogP contribution in [0.5, 0.6) is 0 Å². The van der Waals surface area contributed by atoms with E-state index >= 15 is 0 Å². The summed E-state index contributed by atoms with van der Waals surface area (Å²) in [5.74, 6) is -0.794. The summed E-state index contributed by atoms with van der Waals surface area (Å²) >= 11 is 5.81. The minimum atomic E-state index is -4.59. The third kappa shape index (κ3) is 3.65. The van der Waals surface area contributed by atoms with Gasteiger partial charge < -0.3 is 5.32 Å². The van der Waals surface area contributed by atoms with Gasteiger partial charge in [-0.3, -0.25) is 14.9 Å². The Balaban J connectivity index is 2.37. The van der Waals surface area contributed by atoms with Crippen LogP contribution in [0.4, 0.5) is 24.5 Å². The van der Waals surface area contributed by atoms with Crippen LogP contribution in [-0.4, -0.2) is 10.8 Å². The van der Waals surface area contributed by atoms with Crippen LogP contribution in [-0.2, 0) is 6.18 Å². The number of nitro benzene ring substituents is 1. The number of carbonyl (C=O) groups excluding carboxylic acids is 1. The van der Waals surface area contributed by atoms with Gasteiger partial charge in [0.1, 0.15) is 0 Å². The molecule has 0 unspecified atom stereocenters. The van der Waals surface area contributed by atoms with E-state index in [1.165, 1.54) is 25.1 Å². The minimum absolute atomic E-state index is 0.0299. The molecule has 5 nitrogen and oxygen atoms in total. The second kappa shape index (κ2) is 6.48. The molecule has 2 aromatic carbocycles. The molecule has 0 saturated heterocycles. The third-order valence-corrected chi connectivity index (χ3v) is 3.62. The molecule has 0 aromatic heterocycles. The van der Waals surface area contributed by atoms with E-state index in [1.807, 2.05) is 0 Å². The summed E-state index contributed by atoms with van der Waals surface area (Å²) in [7, 11) is 0. The average molecular weight is 359 g/mol. The van der Waals surface area contributed by atoms with E-state index in [2.05, 4.69) is 5.32 Å². The molecular weight excluding hydrogens is 349 g/mol. The Morgan fingerprint density at radius 2 is 1.92 bits per heavy atom. The lowest BCUT2D eigenvalue weighted by Gasteiger charge is -2.12. The van der Waals surface area contributed by atoms with E-state index in [-0.39, 0.29) is 27.5 Å². The third-order valence-electron chi connectivity index (χ3n) is 3.29. The quantitative estimate of drug-likeness (QED) is 0.631. The normalized spacial score (nSPS) is 11.2. The van der Waals surface area contributed by atoms with Crippen molar-refractivity contribution < 1.29 is 22.9 Å². The van der Waals surface area contributed by atoms with Crippen LogP contribution in [0.1, 0.15) is 21.5 Å². The van der Waals surface area contributed by atoms with Crippen LogP contribution in [0.2, 0.25) is 5.02 Å². The Labute approximate surface area is 139 Å². The summed E-state index contributed by atoms with van der Waals surface area (Å²) in [6.07, 6.45) is -4.59. The molecule has 1 N–H and O–H groups in total. The summed E-state index contributed by atoms with van der Waals surface area (Å²) in [6.45, 7) is 1.38. The van der Waals surface area contributed by atoms with Crippen LogP contribution >= 0.6 is 11.6 Å². The van der Waals surface area contributed by atoms with Crippen molar-refractivity contribution in [1.29, 1.82) is 0 Å². The Bertz CT molecular complexity index is 822. The number of alkyl halides is 3. The fraction of sp³-hybridized carbons (Fsp3) is 0.133. The largest absolute Gasteiger partial charge is 0.416 e. The number of carbonyl (C=O) groups is 1. The second-order valence-corrected chi connectivity index (χ2v) is 5.26. The molecule has 24 heavy (non-hydrogen) atoms. The van der Waals surface area contributed by atoms with E-state index in [9.17, 15) is 28.1 Å². The van der Waals surface area contributed by atoms with Gasteiger partial charge in [-0.1, -0.05) is 17.7 Å². The minimum Gasteiger partial charge on any atom is -0.321 e. The van der Waals surface area contributed by atoms with Crippen molar-refractivity contribution in [3.05, 3.63) is 68.2 Å². The maximum absolute atomic E-state index is 12.7. The highest BCUT2D eigenvalue weighted by molar-refractivity contribution is 6.34. The van der Waals surface area contributed by atoms with Crippen LogP contribution < -0.4 is 5.32 Å². The van der Waals surface area contributed by atoms with Crippen LogP contribution in [0.25, 0.3) is 0 Å². The summed E-state index contributed by atoms with van der Waals surface area (Å²) in [4.78, 5) is 22.5. The number of nitrogens with zero attached hydrogens (tertiary/aromatic N) is 1. The zero-order chi connectivity index (χ0) is 18.1. The van der Waals surface area contributed by atoms with Crippen molar-refractivity contribution in [3.63, 3.8) is 0 Å². The number of amides is 1. The highest BCUT2D eigenvalue weighted by atomic mass is 35.5. The van der Waals surface area contributed by atoms with Crippen molar-refractivity contribution in [2.75, 3.05) is 5.32 Å². The number of hydrogen-bond acceptors (Lipinski definition) is 3. The van der Waals surface area contributed by atoms with E-state index in [4.69, 9.17) is 11.6 Å². The van der Waals surface area contributed by atoms with Crippen molar-refractivity contribution in [2.45, 2.75) is 13.1 Å². The molecule has 9 heteroatoms. The van der Waals surface area contributed by atoms with Crippen molar-refractivity contribution >= 4 is 28.9 Å². The first-order valence-electron chi connectivity index (χ1n) is 6.53. The smallest absolute Gasteiger partial charge is 0.321 e. The number of nitrogens with one attached hydrogen (secondary N) is 1. The lowest BCUT2D eigenvalue weighted by atomic mass is 10.1. The van der Waals surface area contributed by atoms with E-state index in [0.717, 1.165) is 12.1 Å². The molecule has 0 bridgehead atoms. The molecule has 0 aliphatic rings. The van der Waals surface area contributed by atoms with Crippen LogP contribution in [0.15, 0.2) is 36.4 Å². The highest BCUT2D eigenvalue weighted by Gasteiger charge is 2.31. The molecule has 126 valence electrons. The monoisotopic (exact) mass is 358 g/mol. The maximum atomic E-state index is 12.7. The van der Waals surface area contributed by atoms with Gasteiger partial charge in [-0.25, -0.2) is 0 Å². The first kappa shape index (κ1) is 17.7.